The summed E-state index contributed by atoms with van der Waals surface area (Å²) >= 11 is 1.80. The van der Waals surface area contributed by atoms with Gasteiger partial charge in [0.2, 0.25) is 0 Å². The molecule has 2 rings (SSSR count). The van der Waals surface area contributed by atoms with E-state index in [-0.39, 0.29) is 5.63 Å². The number of hydrogen-bond donors (Lipinski definition) is 0. The van der Waals surface area contributed by atoms with Gasteiger partial charge in [-0.2, -0.15) is 0 Å². The summed E-state index contributed by atoms with van der Waals surface area (Å²) in [4.78, 5) is 11.4. The third kappa shape index (κ3) is 2.09. The fraction of sp³-hybridized carbons (Fsp3) is 0.154. The van der Waals surface area contributed by atoms with Gasteiger partial charge in [-0.25, -0.2) is 4.79 Å². The molecule has 0 fully saturated rings. The van der Waals surface area contributed by atoms with Crippen molar-refractivity contribution in [3.05, 3.63) is 46.3 Å². The maximum Gasteiger partial charge on any atom is 0.336 e. The molecule has 4 heteroatoms. The molecule has 0 radical (unpaired) electrons. The minimum atomic E-state index is -0.358. The topological polar surface area (TPSA) is 39.4 Å². The molecule has 0 spiro atoms. The second-order valence-electron chi connectivity index (χ2n) is 3.92. The van der Waals surface area contributed by atoms with Crippen LogP contribution in [0.25, 0.3) is 16.5 Å². The molecule has 0 saturated heterocycles. The molecular formula is C13H11IO3. The molecule has 0 saturated carbocycles. The molecular weight excluding hydrogens is 331 g/mol. The lowest BCUT2D eigenvalue weighted by atomic mass is 10.0. The fourth-order valence-electron chi connectivity index (χ4n) is 1.83. The first-order valence-electron chi connectivity index (χ1n) is 5.06. The summed E-state index contributed by atoms with van der Waals surface area (Å²) in [5.41, 5.74) is 2.62. The minimum Gasteiger partial charge on any atom is -0.427 e. The minimum absolute atomic E-state index is 0.358. The van der Waals surface area contributed by atoms with Crippen molar-refractivity contribution in [3.8, 4) is 5.75 Å². The average Bonchev–Trinajstić information content (AvgIpc) is 2.26. The van der Waals surface area contributed by atoms with Crippen molar-refractivity contribution in [1.29, 1.82) is 0 Å². The first-order chi connectivity index (χ1) is 8.04. The van der Waals surface area contributed by atoms with E-state index in [1.54, 1.807) is 23.0 Å². The van der Waals surface area contributed by atoms with Crippen LogP contribution in [0.1, 0.15) is 18.1 Å². The molecule has 0 N–H and O–H groups in total. The molecule has 0 aliphatic heterocycles. The van der Waals surface area contributed by atoms with Gasteiger partial charge in [0.15, 0.2) is 23.0 Å². The van der Waals surface area contributed by atoms with Crippen LogP contribution in [0.5, 0.6) is 5.75 Å². The van der Waals surface area contributed by atoms with Crippen LogP contribution in [0.4, 0.5) is 0 Å². The molecule has 0 aliphatic rings. The van der Waals surface area contributed by atoms with Gasteiger partial charge in [-0.3, -0.25) is 0 Å². The molecule has 3 nitrogen and oxygen atoms in total. The van der Waals surface area contributed by atoms with Crippen molar-refractivity contribution >= 4 is 39.5 Å². The smallest absolute Gasteiger partial charge is 0.336 e. The molecule has 0 unspecified atom stereocenters. The SMILES string of the molecule is C=C(C)c1c(OI)ccc2c(C)cc(=O)oc12. The van der Waals surface area contributed by atoms with Crippen molar-refractivity contribution in [1.82, 2.24) is 0 Å². The van der Waals surface area contributed by atoms with E-state index >= 15 is 0 Å². The molecule has 0 bridgehead atoms. The lowest BCUT2D eigenvalue weighted by Crippen LogP contribution is -2.00. The van der Waals surface area contributed by atoms with Gasteiger partial charge in [-0.1, -0.05) is 6.58 Å². The van der Waals surface area contributed by atoms with Crippen LogP contribution in [0.3, 0.4) is 0 Å². The molecule has 0 amide bonds. The van der Waals surface area contributed by atoms with Gasteiger partial charge in [0, 0.05) is 11.5 Å². The van der Waals surface area contributed by atoms with E-state index in [0.717, 1.165) is 22.1 Å². The summed E-state index contributed by atoms with van der Waals surface area (Å²) in [6.45, 7) is 7.64. The van der Waals surface area contributed by atoms with Gasteiger partial charge in [0.1, 0.15) is 11.3 Å². The molecule has 1 aromatic carbocycles. The van der Waals surface area contributed by atoms with E-state index in [0.29, 0.717) is 11.3 Å². The number of rotatable bonds is 2. The summed E-state index contributed by atoms with van der Waals surface area (Å²) < 4.78 is 10.5. The summed E-state index contributed by atoms with van der Waals surface area (Å²) in [7, 11) is 0. The zero-order valence-electron chi connectivity index (χ0n) is 9.54. The van der Waals surface area contributed by atoms with E-state index in [9.17, 15) is 4.79 Å². The first-order valence-corrected chi connectivity index (χ1v) is 5.94. The van der Waals surface area contributed by atoms with E-state index in [4.69, 9.17) is 7.48 Å². The number of benzene rings is 1. The van der Waals surface area contributed by atoms with Crippen molar-refractivity contribution in [2.24, 2.45) is 0 Å². The van der Waals surface area contributed by atoms with Crippen LogP contribution in [-0.4, -0.2) is 0 Å². The average molecular weight is 342 g/mol. The molecule has 0 atom stereocenters. The highest BCUT2D eigenvalue weighted by atomic mass is 127. The third-order valence-corrected chi connectivity index (χ3v) is 3.07. The molecule has 1 heterocycles. The van der Waals surface area contributed by atoms with Gasteiger partial charge in [-0.05, 0) is 37.1 Å². The summed E-state index contributed by atoms with van der Waals surface area (Å²) in [6.07, 6.45) is 0. The lowest BCUT2D eigenvalue weighted by molar-refractivity contribution is 0.557. The maximum absolute atomic E-state index is 11.4. The van der Waals surface area contributed by atoms with E-state index in [1.165, 1.54) is 6.07 Å². The van der Waals surface area contributed by atoms with Crippen LogP contribution in [0.15, 0.2) is 34.0 Å². The van der Waals surface area contributed by atoms with Crippen LogP contribution in [0, 0.1) is 6.92 Å². The number of hydrogen-bond acceptors (Lipinski definition) is 3. The van der Waals surface area contributed by atoms with E-state index in [1.807, 2.05) is 26.0 Å². The lowest BCUT2D eigenvalue weighted by Gasteiger charge is -2.10. The van der Waals surface area contributed by atoms with E-state index in [2.05, 4.69) is 6.58 Å². The van der Waals surface area contributed by atoms with Gasteiger partial charge in [-0.15, -0.1) is 0 Å². The highest BCUT2D eigenvalue weighted by Crippen LogP contribution is 2.34. The van der Waals surface area contributed by atoms with Gasteiger partial charge < -0.3 is 7.48 Å². The molecule has 1 aromatic heterocycles. The number of allylic oxidation sites excluding steroid dienone is 1. The molecule has 2 aromatic rings. The van der Waals surface area contributed by atoms with Crippen LogP contribution < -0.4 is 8.69 Å². The summed E-state index contributed by atoms with van der Waals surface area (Å²) in [5.74, 6) is 0.652. The van der Waals surface area contributed by atoms with Gasteiger partial charge in [0.25, 0.3) is 0 Å². The Kier molecular flexibility index (Phi) is 3.24. The van der Waals surface area contributed by atoms with Crippen LogP contribution in [-0.2, 0) is 0 Å². The summed E-state index contributed by atoms with van der Waals surface area (Å²) in [6, 6.07) is 5.22. The Labute approximate surface area is 113 Å². The highest BCUT2D eigenvalue weighted by molar-refractivity contribution is 14.1. The van der Waals surface area contributed by atoms with Crippen molar-refractivity contribution < 1.29 is 7.48 Å². The van der Waals surface area contributed by atoms with Gasteiger partial charge >= 0.3 is 5.63 Å². The first kappa shape index (κ1) is 12.2. The monoisotopic (exact) mass is 342 g/mol. The predicted octanol–water partition coefficient (Wildman–Crippen LogP) is 3.86. The standard InChI is InChI=1S/C13H11IO3/c1-7(2)12-10(17-14)5-4-9-8(3)6-11(15)16-13(9)12/h4-6H,1H2,2-3H3. The summed E-state index contributed by atoms with van der Waals surface area (Å²) in [5, 5.41) is 0.903. The highest BCUT2D eigenvalue weighted by Gasteiger charge is 2.13. The third-order valence-electron chi connectivity index (χ3n) is 2.59. The Morgan fingerprint density at radius 3 is 2.76 bits per heavy atom. The maximum atomic E-state index is 11.4. The van der Waals surface area contributed by atoms with Crippen molar-refractivity contribution in [3.63, 3.8) is 0 Å². The fourth-order valence-corrected chi connectivity index (χ4v) is 2.20. The number of aryl methyl sites for hydroxylation is 1. The molecule has 17 heavy (non-hydrogen) atoms. The number of halogens is 1. The second-order valence-corrected chi connectivity index (χ2v) is 4.36. The normalized spacial score (nSPS) is 10.5. The quantitative estimate of drug-likeness (QED) is 0.615. The zero-order chi connectivity index (χ0) is 12.6. The van der Waals surface area contributed by atoms with Crippen molar-refractivity contribution in [2.75, 3.05) is 0 Å². The Balaban J connectivity index is 2.99. The van der Waals surface area contributed by atoms with Crippen LogP contribution >= 0.6 is 23.0 Å². The Morgan fingerprint density at radius 1 is 1.47 bits per heavy atom. The Hall–Kier alpha value is -1.30. The second kappa shape index (κ2) is 4.52. The number of fused-ring (bicyclic) bond motifs is 1. The van der Waals surface area contributed by atoms with E-state index < -0.39 is 0 Å². The Morgan fingerprint density at radius 2 is 2.18 bits per heavy atom. The molecule has 0 aliphatic carbocycles. The van der Waals surface area contributed by atoms with Crippen LogP contribution in [0.2, 0.25) is 0 Å². The van der Waals surface area contributed by atoms with Gasteiger partial charge in [0.05, 0.1) is 5.56 Å². The largest absolute Gasteiger partial charge is 0.427 e. The zero-order valence-corrected chi connectivity index (χ0v) is 11.7. The predicted molar refractivity (Wildman–Crippen MR) is 76.6 cm³/mol. The van der Waals surface area contributed by atoms with Crippen molar-refractivity contribution in [2.45, 2.75) is 13.8 Å². The Bertz CT molecular complexity index is 655. The molecule has 88 valence electrons.